The fraction of sp³-hybridized carbons (Fsp3) is 0.957. The monoisotopic (exact) mass is 751 g/mol. The molecule has 0 aromatic rings. The van der Waals surface area contributed by atoms with Crippen LogP contribution < -0.4 is 5.32 Å². The predicted molar refractivity (Wildman–Crippen MR) is 230 cm³/mol. The van der Waals surface area contributed by atoms with Gasteiger partial charge in [-0.1, -0.05) is 156 Å². The Hall–Kier alpha value is -1.14. The van der Waals surface area contributed by atoms with Gasteiger partial charge in [0.05, 0.1) is 13.2 Å². The van der Waals surface area contributed by atoms with Crippen molar-refractivity contribution < 1.29 is 19.1 Å². The number of nitrogens with one attached hydrogen (secondary N) is 1. The Morgan fingerprint density at radius 2 is 0.830 bits per heavy atom. The SMILES string of the molecule is CCCCCCC(CCCC)COC(=O)CCCCCCCCC(CCCCCCCCC(=O)OCC(CCCC)CCCC)NCCCCN(C)C. The number of ether oxygens (including phenoxy) is 2. The van der Waals surface area contributed by atoms with E-state index in [-0.39, 0.29) is 11.9 Å². The summed E-state index contributed by atoms with van der Waals surface area (Å²) in [5, 5.41) is 3.91. The number of carbonyl (C=O) groups is 2. The number of carbonyl (C=O) groups excluding carboxylic acids is 2. The highest BCUT2D eigenvalue weighted by atomic mass is 16.5. The summed E-state index contributed by atoms with van der Waals surface area (Å²) < 4.78 is 11.4. The van der Waals surface area contributed by atoms with E-state index in [2.05, 4.69) is 52.0 Å². The lowest BCUT2D eigenvalue weighted by atomic mass is 9.96. The first-order valence-corrected chi connectivity index (χ1v) is 23.5. The van der Waals surface area contributed by atoms with E-state index in [0.717, 1.165) is 32.2 Å². The normalized spacial score (nSPS) is 12.8. The van der Waals surface area contributed by atoms with Gasteiger partial charge in [0.15, 0.2) is 0 Å². The van der Waals surface area contributed by atoms with Gasteiger partial charge in [-0.2, -0.15) is 0 Å². The molecule has 0 bridgehead atoms. The van der Waals surface area contributed by atoms with Gasteiger partial charge >= 0.3 is 11.9 Å². The Labute approximate surface area is 331 Å². The van der Waals surface area contributed by atoms with Crippen LogP contribution in [0.2, 0.25) is 0 Å². The third kappa shape index (κ3) is 37.6. The van der Waals surface area contributed by atoms with Gasteiger partial charge in [-0.15, -0.1) is 0 Å². The average molecular weight is 751 g/mol. The molecule has 53 heavy (non-hydrogen) atoms. The molecular weight excluding hydrogens is 657 g/mol. The van der Waals surface area contributed by atoms with Gasteiger partial charge in [-0.25, -0.2) is 0 Å². The first-order chi connectivity index (χ1) is 25.9. The van der Waals surface area contributed by atoms with Crippen LogP contribution in [-0.4, -0.2) is 63.3 Å². The van der Waals surface area contributed by atoms with E-state index in [1.165, 1.54) is 173 Å². The third-order valence-electron chi connectivity index (χ3n) is 11.2. The molecule has 1 N–H and O–H groups in total. The van der Waals surface area contributed by atoms with Gasteiger partial charge in [0.2, 0.25) is 0 Å². The first kappa shape index (κ1) is 51.9. The molecular formula is C47H94N2O4. The number of hydrogen-bond acceptors (Lipinski definition) is 6. The molecule has 316 valence electrons. The molecule has 0 aliphatic carbocycles. The van der Waals surface area contributed by atoms with Crippen LogP contribution in [0.25, 0.3) is 0 Å². The number of esters is 2. The highest BCUT2D eigenvalue weighted by Crippen LogP contribution is 2.20. The molecule has 0 spiro atoms. The van der Waals surface area contributed by atoms with Crippen LogP contribution in [0.5, 0.6) is 0 Å². The van der Waals surface area contributed by atoms with Gasteiger partial charge < -0.3 is 19.7 Å². The number of unbranched alkanes of at least 4 members (excludes halogenated alkanes) is 17. The molecule has 2 atom stereocenters. The van der Waals surface area contributed by atoms with Gasteiger partial charge in [-0.05, 0) is 103 Å². The van der Waals surface area contributed by atoms with Crippen molar-refractivity contribution in [3.05, 3.63) is 0 Å². The van der Waals surface area contributed by atoms with Crippen LogP contribution >= 0.6 is 0 Å². The second kappa shape index (κ2) is 40.5. The fourth-order valence-electron chi connectivity index (χ4n) is 7.47. The minimum atomic E-state index is 0.0112. The van der Waals surface area contributed by atoms with E-state index < -0.39 is 0 Å². The molecule has 2 unspecified atom stereocenters. The molecule has 6 nitrogen and oxygen atoms in total. The van der Waals surface area contributed by atoms with Gasteiger partial charge in [0.25, 0.3) is 0 Å². The zero-order valence-electron chi connectivity index (χ0n) is 36.8. The lowest BCUT2D eigenvalue weighted by Gasteiger charge is -2.19. The van der Waals surface area contributed by atoms with Crippen molar-refractivity contribution in [2.75, 3.05) is 40.4 Å². The van der Waals surface area contributed by atoms with Crippen LogP contribution in [-0.2, 0) is 19.1 Å². The summed E-state index contributed by atoms with van der Waals surface area (Å²) in [6.45, 7) is 12.5. The lowest BCUT2D eigenvalue weighted by Crippen LogP contribution is -2.30. The second-order valence-electron chi connectivity index (χ2n) is 16.9. The molecule has 0 saturated heterocycles. The summed E-state index contributed by atoms with van der Waals surface area (Å²) in [6.07, 6.45) is 37.9. The summed E-state index contributed by atoms with van der Waals surface area (Å²) in [7, 11) is 4.32. The van der Waals surface area contributed by atoms with Crippen LogP contribution in [0.1, 0.15) is 233 Å². The van der Waals surface area contributed by atoms with Gasteiger partial charge in [0, 0.05) is 18.9 Å². The summed E-state index contributed by atoms with van der Waals surface area (Å²) in [5.74, 6) is 1.13. The number of hydrogen-bond donors (Lipinski definition) is 1. The molecule has 0 aliphatic rings. The Morgan fingerprint density at radius 1 is 0.453 bits per heavy atom. The predicted octanol–water partition coefficient (Wildman–Crippen LogP) is 13.4. The van der Waals surface area contributed by atoms with E-state index in [4.69, 9.17) is 9.47 Å². The Morgan fingerprint density at radius 3 is 1.26 bits per heavy atom. The first-order valence-electron chi connectivity index (χ1n) is 23.5. The summed E-state index contributed by atoms with van der Waals surface area (Å²) >= 11 is 0. The van der Waals surface area contributed by atoms with Crippen LogP contribution in [0, 0.1) is 11.8 Å². The van der Waals surface area contributed by atoms with Crippen molar-refractivity contribution in [1.29, 1.82) is 0 Å². The largest absolute Gasteiger partial charge is 0.465 e. The zero-order chi connectivity index (χ0) is 39.0. The molecule has 0 rings (SSSR count). The van der Waals surface area contributed by atoms with Crippen molar-refractivity contribution in [1.82, 2.24) is 10.2 Å². The molecule has 0 aliphatic heterocycles. The summed E-state index contributed by atoms with van der Waals surface area (Å²) in [5.41, 5.74) is 0. The maximum atomic E-state index is 12.4. The Bertz CT molecular complexity index is 768. The minimum Gasteiger partial charge on any atom is -0.465 e. The highest BCUT2D eigenvalue weighted by molar-refractivity contribution is 5.69. The quantitative estimate of drug-likeness (QED) is 0.0495. The third-order valence-corrected chi connectivity index (χ3v) is 11.2. The van der Waals surface area contributed by atoms with E-state index in [9.17, 15) is 9.59 Å². The number of rotatable bonds is 42. The lowest BCUT2D eigenvalue weighted by molar-refractivity contribution is -0.146. The van der Waals surface area contributed by atoms with Crippen molar-refractivity contribution >= 4 is 11.9 Å². The molecule has 0 heterocycles. The molecule has 0 aromatic carbocycles. The van der Waals surface area contributed by atoms with E-state index >= 15 is 0 Å². The van der Waals surface area contributed by atoms with E-state index in [1.54, 1.807) is 0 Å². The summed E-state index contributed by atoms with van der Waals surface area (Å²) in [6, 6.07) is 0.630. The minimum absolute atomic E-state index is 0.0112. The van der Waals surface area contributed by atoms with Crippen molar-refractivity contribution in [3.63, 3.8) is 0 Å². The molecule has 0 fully saturated rings. The van der Waals surface area contributed by atoms with Crippen LogP contribution in [0.15, 0.2) is 0 Å². The Kier molecular flexibility index (Phi) is 39.6. The molecule has 0 radical (unpaired) electrons. The topological polar surface area (TPSA) is 67.9 Å². The average Bonchev–Trinajstić information content (AvgIpc) is 3.15. The molecule has 6 heteroatoms. The molecule has 0 aromatic heterocycles. The summed E-state index contributed by atoms with van der Waals surface area (Å²) in [4.78, 5) is 27.0. The standard InChI is InChI=1S/C47H94N2O4/c1-7-11-15-24-34-44(33-14-10-4)42-53-47(51)38-28-23-19-17-21-26-36-45(48-39-29-30-40-49(5)6)35-25-20-16-18-22-27-37-46(50)52-41-43(31-12-8-2)32-13-9-3/h43-45,48H,7-42H2,1-6H3. The highest BCUT2D eigenvalue weighted by Gasteiger charge is 2.14. The second-order valence-corrected chi connectivity index (χ2v) is 16.9. The van der Waals surface area contributed by atoms with Crippen molar-refractivity contribution in [2.45, 2.75) is 239 Å². The van der Waals surface area contributed by atoms with Crippen LogP contribution in [0.3, 0.4) is 0 Å². The zero-order valence-corrected chi connectivity index (χ0v) is 36.8. The molecule has 0 saturated carbocycles. The van der Waals surface area contributed by atoms with Crippen molar-refractivity contribution in [2.24, 2.45) is 11.8 Å². The van der Waals surface area contributed by atoms with Crippen LogP contribution in [0.4, 0.5) is 0 Å². The van der Waals surface area contributed by atoms with Crippen molar-refractivity contribution in [3.8, 4) is 0 Å². The van der Waals surface area contributed by atoms with E-state index in [0.29, 0.717) is 43.9 Å². The maximum Gasteiger partial charge on any atom is 0.305 e. The van der Waals surface area contributed by atoms with E-state index in [1.807, 2.05) is 0 Å². The smallest absolute Gasteiger partial charge is 0.305 e. The van der Waals surface area contributed by atoms with Gasteiger partial charge in [-0.3, -0.25) is 9.59 Å². The maximum absolute atomic E-state index is 12.4. The molecule has 0 amide bonds. The fourth-order valence-corrected chi connectivity index (χ4v) is 7.47. The number of nitrogens with zero attached hydrogens (tertiary/aromatic N) is 1. The Balaban J connectivity index is 4.18. The van der Waals surface area contributed by atoms with Gasteiger partial charge in [0.1, 0.15) is 0 Å².